The van der Waals surface area contributed by atoms with Crippen molar-refractivity contribution in [3.8, 4) is 17.2 Å². The average Bonchev–Trinajstić information content (AvgIpc) is 2.52. The van der Waals surface area contributed by atoms with E-state index in [4.69, 9.17) is 14.2 Å². The third-order valence-corrected chi connectivity index (χ3v) is 4.23. The monoisotopic (exact) mass is 314 g/mol. The maximum atomic E-state index is 5.43. The van der Waals surface area contributed by atoms with Crippen molar-refractivity contribution in [3.63, 3.8) is 0 Å². The molecule has 0 aliphatic rings. The number of methoxy groups -OCH3 is 3. The van der Waals surface area contributed by atoms with Gasteiger partial charge in [0, 0.05) is 0 Å². The molecule has 3 nitrogen and oxygen atoms in total. The van der Waals surface area contributed by atoms with Gasteiger partial charge in [-0.05, 0) is 68.0 Å². The van der Waals surface area contributed by atoms with Crippen LogP contribution in [0.4, 0.5) is 0 Å². The van der Waals surface area contributed by atoms with Gasteiger partial charge in [0.05, 0.1) is 21.3 Å². The molecule has 0 spiro atoms. The van der Waals surface area contributed by atoms with E-state index in [0.717, 1.165) is 12.8 Å². The molecule has 0 fully saturated rings. The van der Waals surface area contributed by atoms with Gasteiger partial charge in [0.15, 0.2) is 11.5 Å². The van der Waals surface area contributed by atoms with Crippen LogP contribution >= 0.6 is 0 Å². The fraction of sp³-hybridized carbons (Fsp3) is 0.400. The highest BCUT2D eigenvalue weighted by Gasteiger charge is 2.13. The number of rotatable bonds is 6. The van der Waals surface area contributed by atoms with Gasteiger partial charge in [0.25, 0.3) is 0 Å². The van der Waals surface area contributed by atoms with E-state index >= 15 is 0 Å². The highest BCUT2D eigenvalue weighted by molar-refractivity contribution is 5.54. The van der Waals surface area contributed by atoms with Crippen LogP contribution in [-0.2, 0) is 12.8 Å². The molecule has 0 amide bonds. The van der Waals surface area contributed by atoms with E-state index in [0.29, 0.717) is 17.2 Å². The Balaban J connectivity index is 2.28. The topological polar surface area (TPSA) is 27.7 Å². The van der Waals surface area contributed by atoms with Crippen molar-refractivity contribution in [2.24, 2.45) is 0 Å². The van der Waals surface area contributed by atoms with Crippen LogP contribution < -0.4 is 14.2 Å². The zero-order valence-corrected chi connectivity index (χ0v) is 14.9. The summed E-state index contributed by atoms with van der Waals surface area (Å²) in [5.74, 6) is 2.06. The Kier molecular flexibility index (Phi) is 5.54. The fourth-order valence-electron chi connectivity index (χ4n) is 3.15. The number of hydrogen-bond donors (Lipinski definition) is 0. The van der Waals surface area contributed by atoms with Crippen LogP contribution in [0.3, 0.4) is 0 Å². The zero-order chi connectivity index (χ0) is 17.0. The van der Waals surface area contributed by atoms with Crippen molar-refractivity contribution in [3.05, 3.63) is 52.1 Å². The van der Waals surface area contributed by atoms with Crippen LogP contribution in [0.1, 0.15) is 27.8 Å². The summed E-state index contributed by atoms with van der Waals surface area (Å²) in [5, 5.41) is 0. The van der Waals surface area contributed by atoms with E-state index in [1.165, 1.54) is 27.8 Å². The SMILES string of the molecule is COc1cc(CCc2c(C)cc(C)cc2C)cc(OC)c1OC. The smallest absolute Gasteiger partial charge is 0.203 e. The first-order valence-corrected chi connectivity index (χ1v) is 7.85. The minimum absolute atomic E-state index is 0.640. The van der Waals surface area contributed by atoms with Crippen LogP contribution in [-0.4, -0.2) is 21.3 Å². The lowest BCUT2D eigenvalue weighted by molar-refractivity contribution is 0.324. The standard InChI is InChI=1S/C20H26O3/c1-13-9-14(2)17(15(3)10-13)8-7-16-11-18(21-4)20(23-6)19(12-16)22-5/h9-12H,7-8H2,1-6H3. The van der Waals surface area contributed by atoms with E-state index in [9.17, 15) is 0 Å². The second-order valence-electron chi connectivity index (χ2n) is 5.91. The van der Waals surface area contributed by atoms with Crippen LogP contribution in [0.25, 0.3) is 0 Å². The molecule has 0 N–H and O–H groups in total. The Morgan fingerprint density at radius 3 is 1.65 bits per heavy atom. The summed E-state index contributed by atoms with van der Waals surface area (Å²) in [6.45, 7) is 6.51. The molecule has 0 radical (unpaired) electrons. The molecule has 2 aromatic carbocycles. The minimum atomic E-state index is 0.640. The first-order chi connectivity index (χ1) is 11.0. The molecule has 0 aromatic heterocycles. The zero-order valence-electron chi connectivity index (χ0n) is 14.9. The molecule has 0 bridgehead atoms. The summed E-state index contributed by atoms with van der Waals surface area (Å²) in [5.41, 5.74) is 6.63. The molecule has 0 atom stereocenters. The summed E-state index contributed by atoms with van der Waals surface area (Å²) in [6.07, 6.45) is 1.93. The molecule has 0 saturated carbocycles. The van der Waals surface area contributed by atoms with Crippen LogP contribution in [0.2, 0.25) is 0 Å². The van der Waals surface area contributed by atoms with E-state index in [1.807, 2.05) is 12.1 Å². The summed E-state index contributed by atoms with van der Waals surface area (Å²) in [4.78, 5) is 0. The summed E-state index contributed by atoms with van der Waals surface area (Å²) < 4.78 is 16.2. The first-order valence-electron chi connectivity index (χ1n) is 7.85. The molecule has 0 heterocycles. The molecule has 0 aliphatic carbocycles. The minimum Gasteiger partial charge on any atom is -0.493 e. The van der Waals surface area contributed by atoms with Crippen LogP contribution in [0.15, 0.2) is 24.3 Å². The number of ether oxygens (including phenoxy) is 3. The lowest BCUT2D eigenvalue weighted by Crippen LogP contribution is -2.01. The molecule has 0 saturated heterocycles. The maximum Gasteiger partial charge on any atom is 0.203 e. The highest BCUT2D eigenvalue weighted by Crippen LogP contribution is 2.38. The summed E-state index contributed by atoms with van der Waals surface area (Å²) >= 11 is 0. The number of hydrogen-bond acceptors (Lipinski definition) is 3. The van der Waals surface area contributed by atoms with E-state index in [2.05, 4.69) is 32.9 Å². The largest absolute Gasteiger partial charge is 0.493 e. The third kappa shape index (κ3) is 3.79. The molecule has 2 rings (SSSR count). The molecule has 3 heteroatoms. The molecular weight excluding hydrogens is 288 g/mol. The predicted molar refractivity (Wildman–Crippen MR) is 94.2 cm³/mol. The van der Waals surface area contributed by atoms with Crippen molar-refractivity contribution in [1.29, 1.82) is 0 Å². The number of benzene rings is 2. The second-order valence-corrected chi connectivity index (χ2v) is 5.91. The lowest BCUT2D eigenvalue weighted by Gasteiger charge is -2.15. The van der Waals surface area contributed by atoms with Gasteiger partial charge in [-0.3, -0.25) is 0 Å². The summed E-state index contributed by atoms with van der Waals surface area (Å²) in [7, 11) is 4.92. The average molecular weight is 314 g/mol. The number of aryl methyl sites for hydroxylation is 4. The highest BCUT2D eigenvalue weighted by atomic mass is 16.5. The first kappa shape index (κ1) is 17.2. The molecule has 23 heavy (non-hydrogen) atoms. The molecule has 124 valence electrons. The quantitative estimate of drug-likeness (QED) is 0.790. The Labute approximate surface area is 139 Å². The second kappa shape index (κ2) is 7.40. The van der Waals surface area contributed by atoms with Crippen molar-refractivity contribution in [2.45, 2.75) is 33.6 Å². The van der Waals surface area contributed by atoms with Crippen LogP contribution in [0.5, 0.6) is 17.2 Å². The van der Waals surface area contributed by atoms with Gasteiger partial charge in [0.1, 0.15) is 0 Å². The predicted octanol–water partition coefficient (Wildman–Crippen LogP) is 4.42. The Morgan fingerprint density at radius 2 is 1.22 bits per heavy atom. The van der Waals surface area contributed by atoms with Crippen molar-refractivity contribution >= 4 is 0 Å². The molecular formula is C20H26O3. The van der Waals surface area contributed by atoms with Crippen molar-refractivity contribution in [2.75, 3.05) is 21.3 Å². The van der Waals surface area contributed by atoms with Gasteiger partial charge >= 0.3 is 0 Å². The Hall–Kier alpha value is -2.16. The molecule has 2 aromatic rings. The Morgan fingerprint density at radius 1 is 0.696 bits per heavy atom. The normalized spacial score (nSPS) is 10.5. The third-order valence-electron chi connectivity index (χ3n) is 4.23. The van der Waals surface area contributed by atoms with Gasteiger partial charge in [-0.15, -0.1) is 0 Å². The van der Waals surface area contributed by atoms with Crippen molar-refractivity contribution < 1.29 is 14.2 Å². The van der Waals surface area contributed by atoms with Gasteiger partial charge in [-0.25, -0.2) is 0 Å². The van der Waals surface area contributed by atoms with Gasteiger partial charge in [-0.1, -0.05) is 17.7 Å². The maximum absolute atomic E-state index is 5.43. The molecule has 0 aliphatic heterocycles. The lowest BCUT2D eigenvalue weighted by atomic mass is 9.94. The van der Waals surface area contributed by atoms with E-state index < -0.39 is 0 Å². The molecule has 0 unspecified atom stereocenters. The van der Waals surface area contributed by atoms with E-state index in [-0.39, 0.29) is 0 Å². The Bertz CT molecular complexity index is 641. The van der Waals surface area contributed by atoms with Gasteiger partial charge in [0.2, 0.25) is 5.75 Å². The van der Waals surface area contributed by atoms with E-state index in [1.54, 1.807) is 21.3 Å². The van der Waals surface area contributed by atoms with Gasteiger partial charge < -0.3 is 14.2 Å². The van der Waals surface area contributed by atoms with Gasteiger partial charge in [-0.2, -0.15) is 0 Å². The fourth-order valence-corrected chi connectivity index (χ4v) is 3.15. The summed E-state index contributed by atoms with van der Waals surface area (Å²) in [6, 6.07) is 8.55. The van der Waals surface area contributed by atoms with Crippen molar-refractivity contribution in [1.82, 2.24) is 0 Å². The van der Waals surface area contributed by atoms with Crippen LogP contribution in [0, 0.1) is 20.8 Å².